The fourth-order valence-electron chi connectivity index (χ4n) is 4.32. The molecule has 1 fully saturated rings. The van der Waals surface area contributed by atoms with Crippen LogP contribution in [0.3, 0.4) is 0 Å². The Morgan fingerprint density at radius 1 is 0.690 bits per heavy atom. The molecule has 150 valence electrons. The van der Waals surface area contributed by atoms with E-state index in [1.54, 1.807) is 24.3 Å². The van der Waals surface area contributed by atoms with Gasteiger partial charge < -0.3 is 0 Å². The minimum absolute atomic E-state index is 0.0652. The van der Waals surface area contributed by atoms with E-state index in [2.05, 4.69) is 6.92 Å². The fourth-order valence-corrected chi connectivity index (χ4v) is 4.32. The molecule has 3 aromatic carbocycles. The summed E-state index contributed by atoms with van der Waals surface area (Å²) in [5.41, 5.74) is 3.20. The molecule has 0 atom stereocenters. The van der Waals surface area contributed by atoms with Crippen LogP contribution in [0, 0.1) is 30.3 Å². The van der Waals surface area contributed by atoms with Gasteiger partial charge in [-0.1, -0.05) is 73.9 Å². The molecule has 0 nitrogen and oxygen atoms in total. The molecule has 0 radical (unpaired) electrons. The van der Waals surface area contributed by atoms with Gasteiger partial charge in [0, 0.05) is 11.1 Å². The van der Waals surface area contributed by atoms with E-state index in [1.165, 1.54) is 6.07 Å². The highest BCUT2D eigenvalue weighted by Crippen LogP contribution is 2.39. The lowest BCUT2D eigenvalue weighted by atomic mass is 9.79. The average Bonchev–Trinajstić information content (AvgIpc) is 2.72. The summed E-state index contributed by atoms with van der Waals surface area (Å²) in [6.45, 7) is 4.17. The molecule has 0 aromatic heterocycles. The molecule has 4 rings (SSSR count). The fraction of sp³-hybridized carbons (Fsp3) is 0.308. The van der Waals surface area contributed by atoms with Gasteiger partial charge in [0.25, 0.3) is 0 Å². The van der Waals surface area contributed by atoms with E-state index in [1.807, 2.05) is 31.2 Å². The van der Waals surface area contributed by atoms with Gasteiger partial charge in [0.05, 0.1) is 0 Å². The van der Waals surface area contributed by atoms with Crippen molar-refractivity contribution in [1.29, 1.82) is 0 Å². The topological polar surface area (TPSA) is 0 Å². The molecule has 3 aromatic rings. The van der Waals surface area contributed by atoms with E-state index in [4.69, 9.17) is 0 Å². The molecule has 0 heterocycles. The number of hydrogen-bond donors (Lipinski definition) is 0. The summed E-state index contributed by atoms with van der Waals surface area (Å²) in [7, 11) is 0. The highest BCUT2D eigenvalue weighted by atomic mass is 19.2. The third-order valence-electron chi connectivity index (χ3n) is 6.21. The van der Waals surface area contributed by atoms with Gasteiger partial charge in [-0.25, -0.2) is 13.2 Å². The van der Waals surface area contributed by atoms with E-state index in [-0.39, 0.29) is 11.5 Å². The molecule has 3 heteroatoms. The second-order valence-corrected chi connectivity index (χ2v) is 8.35. The Labute approximate surface area is 170 Å². The Kier molecular flexibility index (Phi) is 5.49. The standard InChI is InChI=1S/C26H25F3/c1-16-3-7-18(8-4-16)21-12-11-20(15-24(21)27)23-14-13-22(25(28)26(23)29)19-9-5-17(2)6-10-19/h3-4,7-8,11-15,17,19H,5-6,9-10H2,1-2H3. The normalized spacial score (nSPS) is 19.3. The van der Waals surface area contributed by atoms with Gasteiger partial charge in [0.1, 0.15) is 5.82 Å². The highest BCUT2D eigenvalue weighted by molar-refractivity contribution is 5.71. The summed E-state index contributed by atoms with van der Waals surface area (Å²) in [5, 5.41) is 0. The number of aryl methyl sites for hydroxylation is 1. The maximum atomic E-state index is 14.9. The van der Waals surface area contributed by atoms with Gasteiger partial charge in [-0.3, -0.25) is 0 Å². The van der Waals surface area contributed by atoms with E-state index < -0.39 is 17.5 Å². The van der Waals surface area contributed by atoms with E-state index in [0.717, 1.165) is 36.8 Å². The van der Waals surface area contributed by atoms with Crippen LogP contribution in [0.1, 0.15) is 49.7 Å². The van der Waals surface area contributed by atoms with Crippen molar-refractivity contribution in [3.63, 3.8) is 0 Å². The van der Waals surface area contributed by atoms with Crippen molar-refractivity contribution in [1.82, 2.24) is 0 Å². The Morgan fingerprint density at radius 2 is 1.31 bits per heavy atom. The Morgan fingerprint density at radius 3 is 1.97 bits per heavy atom. The first-order valence-electron chi connectivity index (χ1n) is 10.3. The maximum Gasteiger partial charge on any atom is 0.166 e. The molecule has 29 heavy (non-hydrogen) atoms. The third kappa shape index (κ3) is 3.96. The number of halogens is 3. The molecular weight excluding hydrogens is 369 g/mol. The van der Waals surface area contributed by atoms with Crippen molar-refractivity contribution in [2.24, 2.45) is 5.92 Å². The lowest BCUT2D eigenvalue weighted by molar-refractivity contribution is 0.339. The number of benzene rings is 3. The van der Waals surface area contributed by atoms with Crippen LogP contribution in [0.5, 0.6) is 0 Å². The van der Waals surface area contributed by atoms with Crippen LogP contribution < -0.4 is 0 Å². The van der Waals surface area contributed by atoms with Gasteiger partial charge in [-0.15, -0.1) is 0 Å². The van der Waals surface area contributed by atoms with Gasteiger partial charge in [0.2, 0.25) is 0 Å². The number of rotatable bonds is 3. The average molecular weight is 394 g/mol. The summed E-state index contributed by atoms with van der Waals surface area (Å²) in [6, 6.07) is 15.4. The van der Waals surface area contributed by atoms with Crippen molar-refractivity contribution < 1.29 is 13.2 Å². The lowest BCUT2D eigenvalue weighted by Crippen LogP contribution is -2.13. The summed E-state index contributed by atoms with van der Waals surface area (Å²) < 4.78 is 44.5. The molecular formula is C26H25F3. The maximum absolute atomic E-state index is 14.9. The molecule has 0 unspecified atom stereocenters. The van der Waals surface area contributed by atoms with Crippen LogP contribution in [-0.2, 0) is 0 Å². The molecule has 0 spiro atoms. The predicted molar refractivity (Wildman–Crippen MR) is 112 cm³/mol. The lowest BCUT2D eigenvalue weighted by Gasteiger charge is -2.27. The van der Waals surface area contributed by atoms with Crippen LogP contribution in [0.15, 0.2) is 54.6 Å². The Balaban J connectivity index is 1.65. The molecule has 0 bridgehead atoms. The van der Waals surface area contributed by atoms with Crippen molar-refractivity contribution in [2.75, 3.05) is 0 Å². The van der Waals surface area contributed by atoms with Gasteiger partial charge in [-0.2, -0.15) is 0 Å². The van der Waals surface area contributed by atoms with Gasteiger partial charge >= 0.3 is 0 Å². The van der Waals surface area contributed by atoms with Gasteiger partial charge in [-0.05, 0) is 54.4 Å². The van der Waals surface area contributed by atoms with E-state index in [0.29, 0.717) is 22.6 Å². The van der Waals surface area contributed by atoms with Crippen LogP contribution in [0.2, 0.25) is 0 Å². The summed E-state index contributed by atoms with van der Waals surface area (Å²) in [6.07, 6.45) is 3.85. The smallest absolute Gasteiger partial charge is 0.166 e. The minimum Gasteiger partial charge on any atom is -0.206 e. The van der Waals surface area contributed by atoms with Crippen molar-refractivity contribution in [3.05, 3.63) is 83.2 Å². The van der Waals surface area contributed by atoms with Crippen molar-refractivity contribution in [2.45, 2.75) is 45.4 Å². The monoisotopic (exact) mass is 394 g/mol. The van der Waals surface area contributed by atoms with Crippen LogP contribution in [0.25, 0.3) is 22.3 Å². The second kappa shape index (κ2) is 8.06. The SMILES string of the molecule is Cc1ccc(-c2ccc(-c3ccc(C4CCC(C)CC4)c(F)c3F)cc2F)cc1. The first kappa shape index (κ1) is 19.8. The zero-order chi connectivity index (χ0) is 20.5. The quantitative estimate of drug-likeness (QED) is 0.422. The second-order valence-electron chi connectivity index (χ2n) is 8.35. The van der Waals surface area contributed by atoms with E-state index >= 15 is 0 Å². The zero-order valence-electron chi connectivity index (χ0n) is 16.8. The summed E-state index contributed by atoms with van der Waals surface area (Å²) in [5.74, 6) is -1.41. The zero-order valence-corrected chi connectivity index (χ0v) is 16.8. The van der Waals surface area contributed by atoms with Crippen molar-refractivity contribution >= 4 is 0 Å². The molecule has 0 N–H and O–H groups in total. The summed E-state index contributed by atoms with van der Waals surface area (Å²) >= 11 is 0. The van der Waals surface area contributed by atoms with Crippen LogP contribution in [0.4, 0.5) is 13.2 Å². The molecule has 1 aliphatic carbocycles. The Bertz CT molecular complexity index is 1010. The molecule has 0 aliphatic heterocycles. The number of hydrogen-bond acceptors (Lipinski definition) is 0. The van der Waals surface area contributed by atoms with Crippen molar-refractivity contribution in [3.8, 4) is 22.3 Å². The molecule has 0 amide bonds. The van der Waals surface area contributed by atoms with Gasteiger partial charge in [0.15, 0.2) is 11.6 Å². The molecule has 1 aliphatic rings. The largest absolute Gasteiger partial charge is 0.206 e. The first-order chi connectivity index (χ1) is 13.9. The van der Waals surface area contributed by atoms with E-state index in [9.17, 15) is 13.2 Å². The van der Waals surface area contributed by atoms with Crippen LogP contribution in [-0.4, -0.2) is 0 Å². The molecule has 0 saturated heterocycles. The minimum atomic E-state index is -0.886. The summed E-state index contributed by atoms with van der Waals surface area (Å²) in [4.78, 5) is 0. The molecule has 1 saturated carbocycles. The van der Waals surface area contributed by atoms with Crippen LogP contribution >= 0.6 is 0 Å². The highest BCUT2D eigenvalue weighted by Gasteiger charge is 2.25. The first-order valence-corrected chi connectivity index (χ1v) is 10.3. The predicted octanol–water partition coefficient (Wildman–Crippen LogP) is 8.04. The Hall–Kier alpha value is -2.55. The third-order valence-corrected chi connectivity index (χ3v) is 6.21.